The zero-order valence-corrected chi connectivity index (χ0v) is 9.72. The van der Waals surface area contributed by atoms with Gasteiger partial charge in [0.2, 0.25) is 5.95 Å². The van der Waals surface area contributed by atoms with Gasteiger partial charge in [0, 0.05) is 0 Å². The van der Waals surface area contributed by atoms with Crippen LogP contribution in [0, 0.1) is 0 Å². The first-order valence-corrected chi connectivity index (χ1v) is 5.53. The summed E-state index contributed by atoms with van der Waals surface area (Å²) < 4.78 is 1.65. The average molecular weight is 241 g/mol. The highest BCUT2D eigenvalue weighted by Gasteiger charge is 2.30. The maximum absolute atomic E-state index is 9.20. The van der Waals surface area contributed by atoms with Crippen LogP contribution >= 0.6 is 0 Å². The molecular formula is C12H11N5O. The molecule has 1 aromatic heterocycles. The van der Waals surface area contributed by atoms with Gasteiger partial charge in [0.05, 0.1) is 5.71 Å². The van der Waals surface area contributed by atoms with Crippen LogP contribution in [0.3, 0.4) is 0 Å². The molecular weight excluding hydrogens is 230 g/mol. The Hall–Kier alpha value is -2.50. The number of fused-ring (bicyclic) bond motifs is 1. The van der Waals surface area contributed by atoms with Crippen molar-refractivity contribution in [1.82, 2.24) is 14.8 Å². The van der Waals surface area contributed by atoms with Crippen LogP contribution in [0.1, 0.15) is 18.5 Å². The number of hydrogen-bond acceptors (Lipinski definition) is 5. The topological polar surface area (TPSA) is 75.7 Å². The molecule has 18 heavy (non-hydrogen) atoms. The number of aromatic nitrogens is 3. The van der Waals surface area contributed by atoms with Gasteiger partial charge < -0.3 is 5.21 Å². The Morgan fingerprint density at radius 3 is 2.78 bits per heavy atom. The normalized spacial score (nSPS) is 20.6. The lowest BCUT2D eigenvalue weighted by Gasteiger charge is -2.23. The van der Waals surface area contributed by atoms with Crippen LogP contribution in [0.5, 0.6) is 0 Å². The van der Waals surface area contributed by atoms with Gasteiger partial charge in [-0.2, -0.15) is 10.1 Å². The molecule has 0 radical (unpaired) electrons. The molecule has 1 aromatic carbocycles. The van der Waals surface area contributed by atoms with Gasteiger partial charge in [-0.05, 0) is 12.5 Å². The summed E-state index contributed by atoms with van der Waals surface area (Å²) >= 11 is 0. The molecule has 2 heterocycles. The van der Waals surface area contributed by atoms with E-state index in [-0.39, 0.29) is 6.04 Å². The molecule has 0 saturated heterocycles. The highest BCUT2D eigenvalue weighted by Crippen LogP contribution is 2.28. The molecule has 6 nitrogen and oxygen atoms in total. The summed E-state index contributed by atoms with van der Waals surface area (Å²) in [5.74, 6) is 0.522. The Kier molecular flexibility index (Phi) is 2.40. The lowest BCUT2D eigenvalue weighted by Crippen LogP contribution is -2.30. The zero-order valence-electron chi connectivity index (χ0n) is 9.72. The molecule has 1 atom stereocenters. The number of hydrogen-bond donors (Lipinski definition) is 1. The molecule has 0 unspecified atom stereocenters. The molecule has 0 fully saturated rings. The smallest absolute Gasteiger partial charge is 0.249 e. The zero-order chi connectivity index (χ0) is 12.5. The molecule has 1 aliphatic heterocycles. The molecule has 1 N–H and O–H groups in total. The van der Waals surface area contributed by atoms with E-state index >= 15 is 0 Å². The lowest BCUT2D eigenvalue weighted by molar-refractivity contribution is 0.316. The summed E-state index contributed by atoms with van der Waals surface area (Å²) in [7, 11) is 0. The predicted octanol–water partition coefficient (Wildman–Crippen LogP) is 1.80. The number of oxime groups is 1. The van der Waals surface area contributed by atoms with Crippen molar-refractivity contribution in [1.29, 1.82) is 0 Å². The molecule has 0 aliphatic carbocycles. The van der Waals surface area contributed by atoms with E-state index in [4.69, 9.17) is 0 Å². The SMILES string of the molecule is CC1=Nc2ncnn2[C@@H](c2ccccc2)/C1=N\O. The quantitative estimate of drug-likeness (QED) is 0.611. The molecule has 0 bridgehead atoms. The van der Waals surface area contributed by atoms with E-state index in [1.165, 1.54) is 6.33 Å². The lowest BCUT2D eigenvalue weighted by atomic mass is 9.98. The summed E-state index contributed by atoms with van der Waals surface area (Å²) in [5.41, 5.74) is 2.11. The molecule has 3 rings (SSSR count). The van der Waals surface area contributed by atoms with Gasteiger partial charge in [-0.1, -0.05) is 35.5 Å². The van der Waals surface area contributed by atoms with Crippen molar-refractivity contribution in [2.24, 2.45) is 10.1 Å². The third kappa shape index (κ3) is 1.50. The van der Waals surface area contributed by atoms with Crippen molar-refractivity contribution < 1.29 is 5.21 Å². The van der Waals surface area contributed by atoms with Crippen LogP contribution in [-0.4, -0.2) is 31.4 Å². The van der Waals surface area contributed by atoms with Crippen LogP contribution < -0.4 is 0 Å². The fraction of sp³-hybridized carbons (Fsp3) is 0.167. The van der Waals surface area contributed by atoms with E-state index < -0.39 is 0 Å². The minimum atomic E-state index is -0.286. The Morgan fingerprint density at radius 2 is 2.06 bits per heavy atom. The summed E-state index contributed by atoms with van der Waals surface area (Å²) in [6.07, 6.45) is 1.45. The van der Waals surface area contributed by atoms with E-state index in [1.807, 2.05) is 30.3 Å². The Morgan fingerprint density at radius 1 is 1.28 bits per heavy atom. The fourth-order valence-corrected chi connectivity index (χ4v) is 2.09. The first-order chi connectivity index (χ1) is 8.81. The summed E-state index contributed by atoms with van der Waals surface area (Å²) in [5, 5.41) is 16.7. The first-order valence-electron chi connectivity index (χ1n) is 5.53. The fourth-order valence-electron chi connectivity index (χ4n) is 2.09. The van der Waals surface area contributed by atoms with E-state index in [9.17, 15) is 5.21 Å². The summed E-state index contributed by atoms with van der Waals surface area (Å²) in [4.78, 5) is 8.33. The third-order valence-electron chi connectivity index (χ3n) is 2.92. The first kappa shape index (κ1) is 10.6. The highest BCUT2D eigenvalue weighted by molar-refractivity contribution is 6.44. The molecule has 1 aliphatic rings. The second kappa shape index (κ2) is 4.06. The number of aliphatic imine (C=N–C) groups is 1. The second-order valence-electron chi connectivity index (χ2n) is 4.00. The van der Waals surface area contributed by atoms with Crippen molar-refractivity contribution in [3.63, 3.8) is 0 Å². The Balaban J connectivity index is 2.21. The predicted molar refractivity (Wildman–Crippen MR) is 66.6 cm³/mol. The van der Waals surface area contributed by atoms with Crippen molar-refractivity contribution >= 4 is 17.4 Å². The largest absolute Gasteiger partial charge is 0.411 e. The van der Waals surface area contributed by atoms with Crippen molar-refractivity contribution in [2.75, 3.05) is 0 Å². The number of benzene rings is 1. The van der Waals surface area contributed by atoms with E-state index in [0.29, 0.717) is 17.4 Å². The molecule has 2 aromatic rings. The maximum atomic E-state index is 9.20. The third-order valence-corrected chi connectivity index (χ3v) is 2.92. The molecule has 6 heteroatoms. The van der Waals surface area contributed by atoms with Crippen molar-refractivity contribution in [3.05, 3.63) is 42.2 Å². The minimum Gasteiger partial charge on any atom is -0.411 e. The monoisotopic (exact) mass is 241 g/mol. The highest BCUT2D eigenvalue weighted by atomic mass is 16.4. The average Bonchev–Trinajstić information content (AvgIpc) is 2.85. The second-order valence-corrected chi connectivity index (χ2v) is 4.00. The van der Waals surface area contributed by atoms with Crippen molar-refractivity contribution in [2.45, 2.75) is 13.0 Å². The van der Waals surface area contributed by atoms with Gasteiger partial charge in [0.25, 0.3) is 0 Å². The minimum absolute atomic E-state index is 0.286. The van der Waals surface area contributed by atoms with Gasteiger partial charge in [-0.25, -0.2) is 9.67 Å². The molecule has 0 saturated carbocycles. The molecule has 90 valence electrons. The number of nitrogens with zero attached hydrogens (tertiary/aromatic N) is 5. The van der Waals surface area contributed by atoms with Gasteiger partial charge in [-0.3, -0.25) is 0 Å². The molecule has 0 amide bonds. The summed E-state index contributed by atoms with van der Waals surface area (Å²) in [6.45, 7) is 1.79. The van der Waals surface area contributed by atoms with Crippen LogP contribution in [0.25, 0.3) is 0 Å². The van der Waals surface area contributed by atoms with Gasteiger partial charge >= 0.3 is 0 Å². The van der Waals surface area contributed by atoms with Gasteiger partial charge in [0.1, 0.15) is 18.1 Å². The Bertz CT molecular complexity index is 629. The van der Waals surface area contributed by atoms with E-state index in [0.717, 1.165) is 5.56 Å². The van der Waals surface area contributed by atoms with Crippen LogP contribution in [-0.2, 0) is 0 Å². The van der Waals surface area contributed by atoms with Gasteiger partial charge in [-0.15, -0.1) is 0 Å². The maximum Gasteiger partial charge on any atom is 0.249 e. The van der Waals surface area contributed by atoms with Crippen LogP contribution in [0.15, 0.2) is 46.8 Å². The van der Waals surface area contributed by atoms with E-state index in [1.54, 1.807) is 11.6 Å². The standard InChI is InChI=1S/C12H11N5O/c1-8-10(16-18)11(9-5-3-2-4-6-9)17-12(15-8)13-7-14-17/h2-7,11,18H,1H3/b16-10-/t11-/m0/s1. The van der Waals surface area contributed by atoms with Crippen molar-refractivity contribution in [3.8, 4) is 0 Å². The Labute approximate surface area is 103 Å². The van der Waals surface area contributed by atoms with Gasteiger partial charge in [0.15, 0.2) is 0 Å². The van der Waals surface area contributed by atoms with Crippen LogP contribution in [0.4, 0.5) is 5.95 Å². The molecule has 0 spiro atoms. The number of rotatable bonds is 1. The van der Waals surface area contributed by atoms with Crippen LogP contribution in [0.2, 0.25) is 0 Å². The van der Waals surface area contributed by atoms with E-state index in [2.05, 4.69) is 20.2 Å². The summed E-state index contributed by atoms with van der Waals surface area (Å²) in [6, 6.07) is 9.43.